The SMILES string of the molecule is N/C(=N\OCC(=O)O)c1ccccc1. The second kappa shape index (κ2) is 4.86. The van der Waals surface area contributed by atoms with Crippen LogP contribution in [0.1, 0.15) is 5.56 Å². The third-order valence-electron chi connectivity index (χ3n) is 1.42. The van der Waals surface area contributed by atoms with Gasteiger partial charge in [0.25, 0.3) is 0 Å². The highest BCUT2D eigenvalue weighted by atomic mass is 16.6. The molecular formula is C9H10N2O3. The van der Waals surface area contributed by atoms with E-state index in [1.807, 2.05) is 6.07 Å². The van der Waals surface area contributed by atoms with Crippen LogP contribution in [0.3, 0.4) is 0 Å². The zero-order chi connectivity index (χ0) is 10.4. The van der Waals surface area contributed by atoms with Gasteiger partial charge in [-0.3, -0.25) is 0 Å². The molecule has 0 atom stereocenters. The first kappa shape index (κ1) is 10.0. The number of amidine groups is 1. The van der Waals surface area contributed by atoms with Crippen LogP contribution in [0.4, 0.5) is 0 Å². The van der Waals surface area contributed by atoms with Crippen LogP contribution in [-0.2, 0) is 9.63 Å². The number of aliphatic carboxylic acids is 1. The Balaban J connectivity index is 2.57. The molecule has 0 fully saturated rings. The fraction of sp³-hybridized carbons (Fsp3) is 0.111. The highest BCUT2D eigenvalue weighted by molar-refractivity contribution is 5.96. The van der Waals surface area contributed by atoms with Crippen LogP contribution >= 0.6 is 0 Å². The number of hydrogen-bond donors (Lipinski definition) is 2. The van der Waals surface area contributed by atoms with Gasteiger partial charge in [0.15, 0.2) is 5.84 Å². The Morgan fingerprint density at radius 1 is 1.43 bits per heavy atom. The first-order chi connectivity index (χ1) is 6.70. The van der Waals surface area contributed by atoms with Gasteiger partial charge in [-0.25, -0.2) is 4.79 Å². The van der Waals surface area contributed by atoms with Crippen molar-refractivity contribution in [1.29, 1.82) is 0 Å². The molecule has 5 heteroatoms. The topological polar surface area (TPSA) is 84.9 Å². The minimum absolute atomic E-state index is 0.159. The quantitative estimate of drug-likeness (QED) is 0.413. The van der Waals surface area contributed by atoms with Crippen molar-refractivity contribution < 1.29 is 14.7 Å². The molecule has 0 aliphatic heterocycles. The Hall–Kier alpha value is -2.04. The number of carboxylic acid groups (broad SMARTS) is 1. The van der Waals surface area contributed by atoms with Gasteiger partial charge in [-0.15, -0.1) is 0 Å². The number of nitrogens with two attached hydrogens (primary N) is 1. The van der Waals surface area contributed by atoms with Gasteiger partial charge in [0.05, 0.1) is 0 Å². The van der Waals surface area contributed by atoms with Gasteiger partial charge in [0.2, 0.25) is 6.61 Å². The van der Waals surface area contributed by atoms with Crippen molar-refractivity contribution >= 4 is 11.8 Å². The molecule has 0 spiro atoms. The van der Waals surface area contributed by atoms with Crippen LogP contribution in [0, 0.1) is 0 Å². The molecule has 1 rings (SSSR count). The van der Waals surface area contributed by atoms with E-state index >= 15 is 0 Å². The summed E-state index contributed by atoms with van der Waals surface area (Å²) >= 11 is 0. The second-order valence-electron chi connectivity index (χ2n) is 2.51. The molecule has 0 heterocycles. The first-order valence-electron chi connectivity index (χ1n) is 3.93. The van der Waals surface area contributed by atoms with Crippen molar-refractivity contribution in [2.75, 3.05) is 6.61 Å². The average molecular weight is 194 g/mol. The Morgan fingerprint density at radius 2 is 2.07 bits per heavy atom. The summed E-state index contributed by atoms with van der Waals surface area (Å²) in [5, 5.41) is 11.7. The van der Waals surface area contributed by atoms with Crippen molar-refractivity contribution in [3.05, 3.63) is 35.9 Å². The lowest BCUT2D eigenvalue weighted by molar-refractivity contribution is -0.142. The lowest BCUT2D eigenvalue weighted by atomic mass is 10.2. The van der Waals surface area contributed by atoms with E-state index in [2.05, 4.69) is 9.99 Å². The molecule has 0 unspecified atom stereocenters. The molecule has 1 aromatic carbocycles. The summed E-state index contributed by atoms with van der Waals surface area (Å²) in [6.45, 7) is -0.493. The third kappa shape index (κ3) is 3.14. The maximum atomic E-state index is 10.1. The highest BCUT2D eigenvalue weighted by Crippen LogP contribution is 1.97. The van der Waals surface area contributed by atoms with Gasteiger partial charge in [0.1, 0.15) is 0 Å². The van der Waals surface area contributed by atoms with Crippen LogP contribution in [-0.4, -0.2) is 23.5 Å². The van der Waals surface area contributed by atoms with E-state index < -0.39 is 12.6 Å². The van der Waals surface area contributed by atoms with Gasteiger partial charge in [-0.05, 0) is 0 Å². The minimum atomic E-state index is -1.09. The van der Waals surface area contributed by atoms with Gasteiger partial charge >= 0.3 is 5.97 Å². The Labute approximate surface area is 80.8 Å². The van der Waals surface area contributed by atoms with Gasteiger partial charge in [-0.1, -0.05) is 35.5 Å². The highest BCUT2D eigenvalue weighted by Gasteiger charge is 1.98. The molecule has 1 aromatic rings. The smallest absolute Gasteiger partial charge is 0.344 e. The molecule has 14 heavy (non-hydrogen) atoms. The maximum absolute atomic E-state index is 10.1. The predicted octanol–water partition coefficient (Wildman–Crippen LogP) is 0.408. The third-order valence-corrected chi connectivity index (χ3v) is 1.42. The summed E-state index contributed by atoms with van der Waals surface area (Å²) in [4.78, 5) is 14.6. The summed E-state index contributed by atoms with van der Waals surface area (Å²) in [5.41, 5.74) is 6.21. The van der Waals surface area contributed by atoms with Crippen molar-refractivity contribution in [1.82, 2.24) is 0 Å². The lowest BCUT2D eigenvalue weighted by Gasteiger charge is -1.99. The minimum Gasteiger partial charge on any atom is -0.479 e. The molecule has 5 nitrogen and oxygen atoms in total. The molecule has 0 saturated heterocycles. The Kier molecular flexibility index (Phi) is 3.49. The molecule has 0 radical (unpaired) electrons. The fourth-order valence-corrected chi connectivity index (χ4v) is 0.819. The molecular weight excluding hydrogens is 184 g/mol. The monoisotopic (exact) mass is 194 g/mol. The summed E-state index contributed by atoms with van der Waals surface area (Å²) in [7, 11) is 0. The first-order valence-corrected chi connectivity index (χ1v) is 3.93. The molecule has 0 aliphatic carbocycles. The Morgan fingerprint density at radius 3 is 2.64 bits per heavy atom. The fourth-order valence-electron chi connectivity index (χ4n) is 0.819. The maximum Gasteiger partial charge on any atom is 0.344 e. The number of rotatable bonds is 4. The summed E-state index contributed by atoms with van der Waals surface area (Å²) in [5.74, 6) is -0.929. The summed E-state index contributed by atoms with van der Waals surface area (Å²) in [6.07, 6.45) is 0. The van der Waals surface area contributed by atoms with E-state index in [4.69, 9.17) is 10.8 Å². The van der Waals surface area contributed by atoms with E-state index in [0.29, 0.717) is 5.56 Å². The molecule has 74 valence electrons. The molecule has 0 aliphatic rings. The number of carbonyl (C=O) groups is 1. The average Bonchev–Trinajstić information content (AvgIpc) is 2.18. The standard InChI is InChI=1S/C9H10N2O3/c10-9(11-14-6-8(12)13)7-4-2-1-3-5-7/h1-5H,6H2,(H2,10,11)(H,12,13). The van der Waals surface area contributed by atoms with Crippen molar-refractivity contribution in [2.45, 2.75) is 0 Å². The van der Waals surface area contributed by atoms with Crippen LogP contribution in [0.2, 0.25) is 0 Å². The molecule has 0 amide bonds. The van der Waals surface area contributed by atoms with Gasteiger partial charge in [0, 0.05) is 5.56 Å². The zero-order valence-corrected chi connectivity index (χ0v) is 7.38. The van der Waals surface area contributed by atoms with Gasteiger partial charge in [-0.2, -0.15) is 0 Å². The molecule has 0 saturated carbocycles. The van der Waals surface area contributed by atoms with E-state index in [1.54, 1.807) is 24.3 Å². The van der Waals surface area contributed by atoms with Crippen LogP contribution in [0.25, 0.3) is 0 Å². The summed E-state index contributed by atoms with van der Waals surface area (Å²) in [6, 6.07) is 8.95. The normalized spacial score (nSPS) is 11.0. The zero-order valence-electron chi connectivity index (χ0n) is 7.38. The number of carboxylic acids is 1. The van der Waals surface area contributed by atoms with Crippen LogP contribution in [0.5, 0.6) is 0 Å². The predicted molar refractivity (Wildman–Crippen MR) is 50.8 cm³/mol. The Bertz CT molecular complexity index is 335. The number of benzene rings is 1. The number of oxime groups is 1. The summed E-state index contributed by atoms with van der Waals surface area (Å²) < 4.78 is 0. The van der Waals surface area contributed by atoms with E-state index in [9.17, 15) is 4.79 Å². The molecule has 0 bridgehead atoms. The lowest BCUT2D eigenvalue weighted by Crippen LogP contribution is -2.15. The second-order valence-corrected chi connectivity index (χ2v) is 2.51. The van der Waals surface area contributed by atoms with Crippen LogP contribution < -0.4 is 5.73 Å². The van der Waals surface area contributed by atoms with Crippen molar-refractivity contribution in [3.63, 3.8) is 0 Å². The van der Waals surface area contributed by atoms with E-state index in [0.717, 1.165) is 0 Å². The van der Waals surface area contributed by atoms with Gasteiger partial charge < -0.3 is 15.7 Å². The van der Waals surface area contributed by atoms with E-state index in [-0.39, 0.29) is 5.84 Å². The number of nitrogens with zero attached hydrogens (tertiary/aromatic N) is 1. The molecule has 0 aromatic heterocycles. The van der Waals surface area contributed by atoms with E-state index in [1.165, 1.54) is 0 Å². The molecule has 3 N–H and O–H groups in total. The van der Waals surface area contributed by atoms with Crippen LogP contribution in [0.15, 0.2) is 35.5 Å². The largest absolute Gasteiger partial charge is 0.479 e. The van der Waals surface area contributed by atoms with Crippen molar-refractivity contribution in [3.8, 4) is 0 Å². The van der Waals surface area contributed by atoms with Crippen molar-refractivity contribution in [2.24, 2.45) is 10.9 Å². The number of hydrogen-bond acceptors (Lipinski definition) is 3.